The molecule has 0 aliphatic rings. The van der Waals surface area contributed by atoms with Crippen LogP contribution in [-0.2, 0) is 6.42 Å². The SMILES string of the molecule is ClC(Cc1nccn2cnnc12)c1ccccc1. The molecule has 0 radical (unpaired) electrons. The summed E-state index contributed by atoms with van der Waals surface area (Å²) in [5, 5.41) is 7.82. The molecule has 0 bridgehead atoms. The highest BCUT2D eigenvalue weighted by atomic mass is 35.5. The Hall–Kier alpha value is -1.94. The van der Waals surface area contributed by atoms with E-state index in [1.807, 2.05) is 40.9 Å². The molecule has 0 spiro atoms. The minimum absolute atomic E-state index is 0.110. The molecule has 4 nitrogen and oxygen atoms in total. The lowest BCUT2D eigenvalue weighted by Gasteiger charge is -2.09. The van der Waals surface area contributed by atoms with E-state index in [0.29, 0.717) is 6.42 Å². The van der Waals surface area contributed by atoms with Crippen molar-refractivity contribution in [3.8, 4) is 0 Å². The maximum Gasteiger partial charge on any atom is 0.182 e. The number of halogens is 1. The van der Waals surface area contributed by atoms with Crippen molar-refractivity contribution < 1.29 is 0 Å². The third kappa shape index (κ3) is 2.07. The third-order valence-electron chi connectivity index (χ3n) is 2.82. The summed E-state index contributed by atoms with van der Waals surface area (Å²) in [4.78, 5) is 4.34. The number of aromatic nitrogens is 4. The van der Waals surface area contributed by atoms with Gasteiger partial charge in [-0.15, -0.1) is 21.8 Å². The van der Waals surface area contributed by atoms with Crippen LogP contribution in [0.2, 0.25) is 0 Å². The second kappa shape index (κ2) is 4.74. The Kier molecular flexibility index (Phi) is 2.94. The summed E-state index contributed by atoms with van der Waals surface area (Å²) in [6.45, 7) is 0. The van der Waals surface area contributed by atoms with Crippen LogP contribution in [0.1, 0.15) is 16.6 Å². The monoisotopic (exact) mass is 258 g/mol. The first kappa shape index (κ1) is 11.2. The maximum atomic E-state index is 6.41. The quantitative estimate of drug-likeness (QED) is 0.679. The van der Waals surface area contributed by atoms with E-state index in [0.717, 1.165) is 16.9 Å². The molecule has 0 aliphatic heterocycles. The van der Waals surface area contributed by atoms with Gasteiger partial charge in [0, 0.05) is 18.8 Å². The topological polar surface area (TPSA) is 43.1 Å². The Labute approximate surface area is 109 Å². The first-order valence-electron chi connectivity index (χ1n) is 5.67. The van der Waals surface area contributed by atoms with Crippen LogP contribution in [0.15, 0.2) is 49.1 Å². The number of hydrogen-bond acceptors (Lipinski definition) is 3. The smallest absolute Gasteiger partial charge is 0.182 e. The minimum Gasteiger partial charge on any atom is -0.286 e. The van der Waals surface area contributed by atoms with Crippen LogP contribution in [0.5, 0.6) is 0 Å². The fourth-order valence-corrected chi connectivity index (χ4v) is 2.20. The lowest BCUT2D eigenvalue weighted by molar-refractivity contribution is 0.872. The lowest BCUT2D eigenvalue weighted by atomic mass is 10.1. The predicted molar refractivity (Wildman–Crippen MR) is 69.5 cm³/mol. The average molecular weight is 259 g/mol. The van der Waals surface area contributed by atoms with Crippen molar-refractivity contribution in [2.45, 2.75) is 11.8 Å². The lowest BCUT2D eigenvalue weighted by Crippen LogP contribution is -2.01. The van der Waals surface area contributed by atoms with Crippen LogP contribution in [0.25, 0.3) is 5.65 Å². The van der Waals surface area contributed by atoms with Crippen LogP contribution in [0.3, 0.4) is 0 Å². The predicted octanol–water partition coefficient (Wildman–Crippen LogP) is 2.65. The molecular weight excluding hydrogens is 248 g/mol. The molecule has 0 N–H and O–H groups in total. The van der Waals surface area contributed by atoms with Crippen LogP contribution >= 0.6 is 11.6 Å². The summed E-state index contributed by atoms with van der Waals surface area (Å²) in [6, 6.07) is 9.97. The molecule has 2 aromatic heterocycles. The average Bonchev–Trinajstić information content (AvgIpc) is 2.89. The zero-order valence-electron chi connectivity index (χ0n) is 9.57. The molecule has 0 aliphatic carbocycles. The van der Waals surface area contributed by atoms with Crippen molar-refractivity contribution in [1.82, 2.24) is 19.6 Å². The van der Waals surface area contributed by atoms with Gasteiger partial charge in [0.1, 0.15) is 6.33 Å². The Morgan fingerprint density at radius 3 is 2.89 bits per heavy atom. The van der Waals surface area contributed by atoms with Crippen LogP contribution < -0.4 is 0 Å². The summed E-state index contributed by atoms with van der Waals surface area (Å²) in [5.74, 6) is 0. The van der Waals surface area contributed by atoms with Gasteiger partial charge < -0.3 is 0 Å². The zero-order valence-corrected chi connectivity index (χ0v) is 10.3. The maximum absolute atomic E-state index is 6.41. The molecule has 3 aromatic rings. The Bertz CT molecular complexity index is 650. The third-order valence-corrected chi connectivity index (χ3v) is 3.23. The van der Waals surface area contributed by atoms with E-state index in [1.165, 1.54) is 0 Å². The van der Waals surface area contributed by atoms with Gasteiger partial charge in [-0.25, -0.2) is 0 Å². The van der Waals surface area contributed by atoms with E-state index >= 15 is 0 Å². The molecule has 2 heterocycles. The highest BCUT2D eigenvalue weighted by molar-refractivity contribution is 6.20. The van der Waals surface area contributed by atoms with Crippen molar-refractivity contribution in [1.29, 1.82) is 0 Å². The van der Waals surface area contributed by atoms with E-state index < -0.39 is 0 Å². The molecule has 18 heavy (non-hydrogen) atoms. The molecule has 0 saturated carbocycles. The molecule has 1 unspecified atom stereocenters. The van der Waals surface area contributed by atoms with Gasteiger partial charge in [0.2, 0.25) is 0 Å². The Morgan fingerprint density at radius 2 is 2.06 bits per heavy atom. The molecule has 0 amide bonds. The van der Waals surface area contributed by atoms with Crippen LogP contribution in [0, 0.1) is 0 Å². The number of fused-ring (bicyclic) bond motifs is 1. The highest BCUT2D eigenvalue weighted by Crippen LogP contribution is 2.24. The summed E-state index contributed by atoms with van der Waals surface area (Å²) in [5.41, 5.74) is 2.71. The first-order chi connectivity index (χ1) is 8.84. The van der Waals surface area contributed by atoms with Gasteiger partial charge >= 0.3 is 0 Å². The number of benzene rings is 1. The summed E-state index contributed by atoms with van der Waals surface area (Å²) >= 11 is 6.41. The second-order valence-corrected chi connectivity index (χ2v) is 4.54. The summed E-state index contributed by atoms with van der Waals surface area (Å²) < 4.78 is 1.84. The van der Waals surface area contributed by atoms with Gasteiger partial charge in [0.25, 0.3) is 0 Å². The number of nitrogens with zero attached hydrogens (tertiary/aromatic N) is 4. The molecule has 1 atom stereocenters. The van der Waals surface area contributed by atoms with E-state index in [2.05, 4.69) is 15.2 Å². The molecular formula is C13H11ClN4. The molecule has 0 saturated heterocycles. The summed E-state index contributed by atoms with van der Waals surface area (Å²) in [6.07, 6.45) is 5.85. The normalized spacial score (nSPS) is 12.7. The second-order valence-electron chi connectivity index (χ2n) is 4.02. The van der Waals surface area contributed by atoms with Crippen molar-refractivity contribution in [3.05, 3.63) is 60.3 Å². The largest absolute Gasteiger partial charge is 0.286 e. The minimum atomic E-state index is -0.110. The van der Waals surface area contributed by atoms with E-state index in [9.17, 15) is 0 Å². The molecule has 3 rings (SSSR count). The van der Waals surface area contributed by atoms with Crippen molar-refractivity contribution >= 4 is 17.2 Å². The van der Waals surface area contributed by atoms with Crippen molar-refractivity contribution in [2.75, 3.05) is 0 Å². The highest BCUT2D eigenvalue weighted by Gasteiger charge is 2.13. The first-order valence-corrected chi connectivity index (χ1v) is 6.10. The Balaban J connectivity index is 1.91. The van der Waals surface area contributed by atoms with Crippen LogP contribution in [-0.4, -0.2) is 19.6 Å². The summed E-state index contributed by atoms with van der Waals surface area (Å²) in [7, 11) is 0. The number of hydrogen-bond donors (Lipinski definition) is 0. The van der Waals surface area contributed by atoms with Gasteiger partial charge in [-0.3, -0.25) is 9.38 Å². The van der Waals surface area contributed by atoms with Crippen molar-refractivity contribution in [3.63, 3.8) is 0 Å². The van der Waals surface area contributed by atoms with Crippen LogP contribution in [0.4, 0.5) is 0 Å². The van der Waals surface area contributed by atoms with Gasteiger partial charge in [-0.1, -0.05) is 30.3 Å². The van der Waals surface area contributed by atoms with Crippen molar-refractivity contribution in [2.24, 2.45) is 0 Å². The zero-order chi connectivity index (χ0) is 12.4. The van der Waals surface area contributed by atoms with E-state index in [1.54, 1.807) is 12.5 Å². The van der Waals surface area contributed by atoms with E-state index in [-0.39, 0.29) is 5.38 Å². The molecule has 0 fully saturated rings. The Morgan fingerprint density at radius 1 is 1.22 bits per heavy atom. The molecule has 5 heteroatoms. The van der Waals surface area contributed by atoms with Gasteiger partial charge in [0.05, 0.1) is 11.1 Å². The van der Waals surface area contributed by atoms with Gasteiger partial charge in [-0.2, -0.15) is 0 Å². The standard InChI is InChI=1S/C13H11ClN4/c14-11(10-4-2-1-3-5-10)8-12-13-17-16-9-18(13)7-6-15-12/h1-7,9,11H,8H2. The molecule has 90 valence electrons. The number of alkyl halides is 1. The van der Waals surface area contributed by atoms with Gasteiger partial charge in [-0.05, 0) is 5.56 Å². The van der Waals surface area contributed by atoms with Gasteiger partial charge in [0.15, 0.2) is 5.65 Å². The fraction of sp³-hybridized carbons (Fsp3) is 0.154. The van der Waals surface area contributed by atoms with E-state index in [4.69, 9.17) is 11.6 Å². The fourth-order valence-electron chi connectivity index (χ4n) is 1.90. The number of rotatable bonds is 3. The molecule has 1 aromatic carbocycles.